The summed E-state index contributed by atoms with van der Waals surface area (Å²) in [4.78, 5) is 15.5. The van der Waals surface area contributed by atoms with Crippen molar-refractivity contribution >= 4 is 40.1 Å². The summed E-state index contributed by atoms with van der Waals surface area (Å²) in [6.07, 6.45) is 2.42. The summed E-state index contributed by atoms with van der Waals surface area (Å²) < 4.78 is 0. The Labute approximate surface area is 126 Å². The van der Waals surface area contributed by atoms with Crippen LogP contribution in [0.2, 0.25) is 5.02 Å². The van der Waals surface area contributed by atoms with Gasteiger partial charge in [0.15, 0.2) is 0 Å². The van der Waals surface area contributed by atoms with Gasteiger partial charge in [0.1, 0.15) is 0 Å². The summed E-state index contributed by atoms with van der Waals surface area (Å²) in [5, 5.41) is 10.9. The molecule has 3 nitrogen and oxygen atoms in total. The van der Waals surface area contributed by atoms with Crippen LogP contribution in [0.15, 0.2) is 29.3 Å². The van der Waals surface area contributed by atoms with Crippen molar-refractivity contribution in [1.29, 1.82) is 0 Å². The second kappa shape index (κ2) is 5.81. The SMILES string of the molecule is C/C(Cl)=C/Cc1c(C)nc2ccc(C(=O)O)cc2c1Cl. The first kappa shape index (κ1) is 14.8. The number of aromatic nitrogens is 1. The fraction of sp³-hybridized carbons (Fsp3) is 0.200. The summed E-state index contributed by atoms with van der Waals surface area (Å²) in [7, 11) is 0. The van der Waals surface area contributed by atoms with Gasteiger partial charge in [-0.3, -0.25) is 4.98 Å². The number of fused-ring (bicyclic) bond motifs is 1. The third-order valence-electron chi connectivity index (χ3n) is 3.06. The third-order valence-corrected chi connectivity index (χ3v) is 3.64. The number of allylic oxidation sites excluding steroid dienone is 2. The molecule has 2 aromatic rings. The van der Waals surface area contributed by atoms with Gasteiger partial charge in [-0.1, -0.05) is 29.3 Å². The van der Waals surface area contributed by atoms with Crippen molar-refractivity contribution in [2.75, 3.05) is 0 Å². The molecular weight excluding hydrogens is 297 g/mol. The highest BCUT2D eigenvalue weighted by molar-refractivity contribution is 6.36. The Hall–Kier alpha value is -1.58. The number of rotatable bonds is 3. The molecule has 1 aromatic heterocycles. The van der Waals surface area contributed by atoms with Gasteiger partial charge in [-0.25, -0.2) is 4.79 Å². The molecule has 0 saturated heterocycles. The van der Waals surface area contributed by atoms with Crippen LogP contribution in [-0.4, -0.2) is 16.1 Å². The molecule has 5 heteroatoms. The normalized spacial score (nSPS) is 11.9. The zero-order chi connectivity index (χ0) is 14.9. The topological polar surface area (TPSA) is 50.2 Å². The van der Waals surface area contributed by atoms with E-state index in [9.17, 15) is 4.79 Å². The van der Waals surface area contributed by atoms with E-state index in [4.69, 9.17) is 28.3 Å². The number of aryl methyl sites for hydroxylation is 1. The summed E-state index contributed by atoms with van der Waals surface area (Å²) in [5.41, 5.74) is 2.56. The number of carboxylic acids is 1. The number of carbonyl (C=O) groups is 1. The van der Waals surface area contributed by atoms with Crippen molar-refractivity contribution in [2.24, 2.45) is 0 Å². The lowest BCUT2D eigenvalue weighted by atomic mass is 10.0. The lowest BCUT2D eigenvalue weighted by molar-refractivity contribution is 0.0697. The molecule has 20 heavy (non-hydrogen) atoms. The number of hydrogen-bond acceptors (Lipinski definition) is 2. The van der Waals surface area contributed by atoms with Crippen LogP contribution < -0.4 is 0 Å². The van der Waals surface area contributed by atoms with E-state index in [1.54, 1.807) is 19.1 Å². The number of hydrogen-bond donors (Lipinski definition) is 1. The molecule has 104 valence electrons. The van der Waals surface area contributed by atoms with Crippen LogP contribution in [0.5, 0.6) is 0 Å². The van der Waals surface area contributed by atoms with Crippen molar-refractivity contribution in [3.8, 4) is 0 Å². The van der Waals surface area contributed by atoms with Crippen LogP contribution >= 0.6 is 23.2 Å². The molecule has 1 N–H and O–H groups in total. The highest BCUT2D eigenvalue weighted by Crippen LogP contribution is 2.29. The van der Waals surface area contributed by atoms with Crippen molar-refractivity contribution in [3.63, 3.8) is 0 Å². The molecule has 0 amide bonds. The van der Waals surface area contributed by atoms with Crippen LogP contribution in [-0.2, 0) is 6.42 Å². The van der Waals surface area contributed by atoms with E-state index in [0.29, 0.717) is 27.4 Å². The average molecular weight is 310 g/mol. The summed E-state index contributed by atoms with van der Waals surface area (Å²) in [5.74, 6) is -0.985. The van der Waals surface area contributed by atoms with E-state index in [2.05, 4.69) is 4.98 Å². The van der Waals surface area contributed by atoms with Gasteiger partial charge in [-0.2, -0.15) is 0 Å². The van der Waals surface area contributed by atoms with Crippen LogP contribution in [0.4, 0.5) is 0 Å². The lowest BCUT2D eigenvalue weighted by Gasteiger charge is -2.10. The Morgan fingerprint density at radius 1 is 1.45 bits per heavy atom. The number of nitrogens with zero attached hydrogens (tertiary/aromatic N) is 1. The lowest BCUT2D eigenvalue weighted by Crippen LogP contribution is -1.99. The zero-order valence-corrected chi connectivity index (χ0v) is 12.6. The van der Waals surface area contributed by atoms with E-state index < -0.39 is 5.97 Å². The molecule has 0 radical (unpaired) electrons. The Bertz CT molecular complexity index is 719. The number of halogens is 2. The largest absolute Gasteiger partial charge is 0.478 e. The molecule has 0 fully saturated rings. The number of benzene rings is 1. The Balaban J connectivity index is 2.65. The van der Waals surface area contributed by atoms with Gasteiger partial charge >= 0.3 is 5.97 Å². The van der Waals surface area contributed by atoms with Crippen molar-refractivity contribution in [1.82, 2.24) is 4.98 Å². The molecule has 0 spiro atoms. The number of carboxylic acid groups (broad SMARTS) is 1. The maximum Gasteiger partial charge on any atom is 0.335 e. The molecule has 0 bridgehead atoms. The van der Waals surface area contributed by atoms with Gasteiger partial charge in [0.25, 0.3) is 0 Å². The van der Waals surface area contributed by atoms with E-state index in [-0.39, 0.29) is 5.56 Å². The van der Waals surface area contributed by atoms with Gasteiger partial charge in [0.05, 0.1) is 16.1 Å². The summed E-state index contributed by atoms with van der Waals surface area (Å²) >= 11 is 12.2. The van der Waals surface area contributed by atoms with Crippen LogP contribution in [0.3, 0.4) is 0 Å². The molecule has 0 atom stereocenters. The first-order valence-corrected chi connectivity index (χ1v) is 6.80. The van der Waals surface area contributed by atoms with Crippen molar-refractivity contribution in [3.05, 3.63) is 51.2 Å². The number of pyridine rings is 1. The second-order valence-corrected chi connectivity index (χ2v) is 5.50. The van der Waals surface area contributed by atoms with Gasteiger partial charge in [-0.05, 0) is 44.0 Å². The first-order chi connectivity index (χ1) is 9.40. The molecule has 0 aliphatic carbocycles. The van der Waals surface area contributed by atoms with E-state index in [1.165, 1.54) is 6.07 Å². The average Bonchev–Trinajstić information content (AvgIpc) is 2.37. The van der Waals surface area contributed by atoms with Gasteiger partial charge in [0, 0.05) is 16.1 Å². The van der Waals surface area contributed by atoms with Crippen LogP contribution in [0, 0.1) is 6.92 Å². The maximum absolute atomic E-state index is 11.0. The number of aromatic carboxylic acids is 1. The van der Waals surface area contributed by atoms with Crippen molar-refractivity contribution in [2.45, 2.75) is 20.3 Å². The summed E-state index contributed by atoms with van der Waals surface area (Å²) in [6.45, 7) is 3.67. The smallest absolute Gasteiger partial charge is 0.335 e. The molecule has 1 heterocycles. The van der Waals surface area contributed by atoms with Gasteiger partial charge < -0.3 is 5.11 Å². The van der Waals surface area contributed by atoms with Gasteiger partial charge in [0.2, 0.25) is 0 Å². The molecule has 2 rings (SSSR count). The predicted molar refractivity (Wildman–Crippen MR) is 81.8 cm³/mol. The predicted octanol–water partition coefficient (Wildman–Crippen LogP) is 4.58. The highest BCUT2D eigenvalue weighted by Gasteiger charge is 2.12. The van der Waals surface area contributed by atoms with Crippen LogP contribution in [0.25, 0.3) is 10.9 Å². The quantitative estimate of drug-likeness (QED) is 0.902. The van der Waals surface area contributed by atoms with Gasteiger partial charge in [-0.15, -0.1) is 0 Å². The molecule has 0 aliphatic rings. The van der Waals surface area contributed by atoms with Crippen molar-refractivity contribution < 1.29 is 9.90 Å². The Morgan fingerprint density at radius 2 is 2.15 bits per heavy atom. The van der Waals surface area contributed by atoms with E-state index >= 15 is 0 Å². The third kappa shape index (κ3) is 2.94. The minimum atomic E-state index is -0.985. The maximum atomic E-state index is 11.0. The second-order valence-electron chi connectivity index (χ2n) is 4.52. The Morgan fingerprint density at radius 3 is 2.75 bits per heavy atom. The highest BCUT2D eigenvalue weighted by atomic mass is 35.5. The molecular formula is C15H13Cl2NO2. The Kier molecular flexibility index (Phi) is 4.31. The molecule has 1 aromatic carbocycles. The monoisotopic (exact) mass is 309 g/mol. The molecule has 0 aliphatic heterocycles. The molecule has 0 saturated carbocycles. The first-order valence-electron chi connectivity index (χ1n) is 6.04. The van der Waals surface area contributed by atoms with E-state index in [1.807, 2.05) is 13.0 Å². The molecule has 0 unspecified atom stereocenters. The van der Waals surface area contributed by atoms with E-state index in [0.717, 1.165) is 11.3 Å². The fourth-order valence-corrected chi connectivity index (χ4v) is 2.43. The standard InChI is InChI=1S/C15H13Cl2NO2/c1-8(16)3-5-11-9(2)18-13-6-4-10(15(19)20)7-12(13)14(11)17/h3-4,6-7H,5H2,1-2H3,(H,19,20)/b8-3-. The minimum Gasteiger partial charge on any atom is -0.478 e. The van der Waals surface area contributed by atoms with Crippen LogP contribution in [0.1, 0.15) is 28.5 Å². The summed E-state index contributed by atoms with van der Waals surface area (Å²) in [6, 6.07) is 4.74. The minimum absolute atomic E-state index is 0.195. The zero-order valence-electron chi connectivity index (χ0n) is 11.1. The fourth-order valence-electron chi connectivity index (χ4n) is 1.99.